The lowest BCUT2D eigenvalue weighted by molar-refractivity contribution is -0.151. The number of aliphatic hydroxyl groups excluding tert-OH is 1. The molecule has 0 saturated heterocycles. The number of hydrogen-bond donors (Lipinski definition) is 1. The number of carbonyl (C=O) groups excluding carboxylic acids is 2. The minimum absolute atomic E-state index is 0.0544. The first-order valence-electron chi connectivity index (χ1n) is 4.93. The Morgan fingerprint density at radius 3 is 2.65 bits per heavy atom. The summed E-state index contributed by atoms with van der Waals surface area (Å²) >= 11 is 0. The van der Waals surface area contributed by atoms with E-state index in [-0.39, 0.29) is 12.2 Å². The smallest absolute Gasteiger partial charge is 0.379 e. The lowest BCUT2D eigenvalue weighted by atomic mass is 10.1. The Labute approximate surface area is 97.3 Å². The monoisotopic (exact) mass is 238 g/mol. The van der Waals surface area contributed by atoms with Gasteiger partial charge in [-0.2, -0.15) is 0 Å². The molecule has 0 aliphatic rings. The van der Waals surface area contributed by atoms with Gasteiger partial charge in [-0.1, -0.05) is 12.1 Å². The van der Waals surface area contributed by atoms with E-state index in [0.29, 0.717) is 6.08 Å². The second kappa shape index (κ2) is 5.79. The van der Waals surface area contributed by atoms with Crippen molar-refractivity contribution in [2.45, 2.75) is 6.92 Å². The molecule has 0 aromatic heterocycles. The summed E-state index contributed by atoms with van der Waals surface area (Å²) in [5, 5.41) is 9.48. The molecule has 0 spiro atoms. The SMILES string of the molecule is CCOC(=O)C(=O)/C=C(/O)c1ccccc1F. The van der Waals surface area contributed by atoms with E-state index in [1.54, 1.807) is 6.92 Å². The summed E-state index contributed by atoms with van der Waals surface area (Å²) in [5.74, 6) is -3.41. The average molecular weight is 238 g/mol. The van der Waals surface area contributed by atoms with E-state index in [4.69, 9.17) is 0 Å². The molecule has 0 amide bonds. The van der Waals surface area contributed by atoms with Crippen molar-refractivity contribution in [3.8, 4) is 0 Å². The third-order valence-corrected chi connectivity index (χ3v) is 1.89. The lowest BCUT2D eigenvalue weighted by Gasteiger charge is -2.01. The van der Waals surface area contributed by atoms with E-state index in [1.165, 1.54) is 18.2 Å². The molecule has 0 atom stereocenters. The van der Waals surface area contributed by atoms with Gasteiger partial charge in [-0.05, 0) is 19.1 Å². The Kier molecular flexibility index (Phi) is 4.39. The molecule has 1 rings (SSSR count). The van der Waals surface area contributed by atoms with E-state index >= 15 is 0 Å². The molecule has 4 nitrogen and oxygen atoms in total. The van der Waals surface area contributed by atoms with Gasteiger partial charge in [0.05, 0.1) is 12.2 Å². The molecule has 0 fully saturated rings. The van der Waals surface area contributed by atoms with Gasteiger partial charge < -0.3 is 9.84 Å². The first-order valence-corrected chi connectivity index (χ1v) is 4.93. The Morgan fingerprint density at radius 2 is 2.06 bits per heavy atom. The highest BCUT2D eigenvalue weighted by molar-refractivity contribution is 6.39. The van der Waals surface area contributed by atoms with Crippen molar-refractivity contribution in [3.63, 3.8) is 0 Å². The molecule has 1 aromatic carbocycles. The van der Waals surface area contributed by atoms with Crippen LogP contribution in [0.25, 0.3) is 5.76 Å². The van der Waals surface area contributed by atoms with E-state index in [9.17, 15) is 19.1 Å². The normalized spacial score (nSPS) is 11.1. The fourth-order valence-corrected chi connectivity index (χ4v) is 1.13. The van der Waals surface area contributed by atoms with Crippen LogP contribution < -0.4 is 0 Å². The fraction of sp³-hybridized carbons (Fsp3) is 0.167. The number of esters is 1. The van der Waals surface area contributed by atoms with Crippen LogP contribution in [0.2, 0.25) is 0 Å². The van der Waals surface area contributed by atoms with Crippen molar-refractivity contribution in [2.75, 3.05) is 6.61 Å². The van der Waals surface area contributed by atoms with Gasteiger partial charge >= 0.3 is 5.97 Å². The van der Waals surface area contributed by atoms with Gasteiger partial charge in [0, 0.05) is 6.08 Å². The van der Waals surface area contributed by atoms with Gasteiger partial charge in [-0.3, -0.25) is 4.79 Å². The van der Waals surface area contributed by atoms with Gasteiger partial charge in [-0.25, -0.2) is 9.18 Å². The Balaban J connectivity index is 2.90. The predicted octanol–water partition coefficient (Wildman–Crippen LogP) is 1.86. The molecule has 0 aliphatic carbocycles. The van der Waals surface area contributed by atoms with Crippen molar-refractivity contribution in [1.82, 2.24) is 0 Å². The number of hydrogen-bond acceptors (Lipinski definition) is 4. The summed E-state index contributed by atoms with van der Waals surface area (Å²) in [4.78, 5) is 22.2. The molecule has 5 heteroatoms. The number of carbonyl (C=O) groups is 2. The van der Waals surface area contributed by atoms with Crippen LogP contribution in [-0.2, 0) is 14.3 Å². The summed E-state index contributed by atoms with van der Waals surface area (Å²) in [5.41, 5.74) is -0.148. The van der Waals surface area contributed by atoms with E-state index in [2.05, 4.69) is 4.74 Å². The maximum atomic E-state index is 13.2. The minimum Gasteiger partial charge on any atom is -0.507 e. The molecule has 0 aliphatic heterocycles. The zero-order valence-corrected chi connectivity index (χ0v) is 9.14. The molecule has 0 radical (unpaired) electrons. The first kappa shape index (κ1) is 12.9. The molecular weight excluding hydrogens is 227 g/mol. The largest absolute Gasteiger partial charge is 0.507 e. The zero-order valence-electron chi connectivity index (χ0n) is 9.14. The molecule has 0 unspecified atom stereocenters. The number of rotatable bonds is 4. The number of benzene rings is 1. The molecular formula is C12H11FO4. The Hall–Kier alpha value is -2.17. The summed E-state index contributed by atoms with van der Waals surface area (Å²) < 4.78 is 17.6. The summed E-state index contributed by atoms with van der Waals surface area (Å²) in [6, 6.07) is 5.37. The molecule has 0 heterocycles. The Bertz CT molecular complexity index is 465. The van der Waals surface area contributed by atoms with Crippen LogP contribution in [0.1, 0.15) is 12.5 Å². The molecule has 1 aromatic rings. The van der Waals surface area contributed by atoms with Gasteiger partial charge in [0.2, 0.25) is 0 Å². The number of ether oxygens (including phenoxy) is 1. The van der Waals surface area contributed by atoms with Crippen molar-refractivity contribution in [1.29, 1.82) is 0 Å². The molecule has 1 N–H and O–H groups in total. The fourth-order valence-electron chi connectivity index (χ4n) is 1.13. The van der Waals surface area contributed by atoms with Crippen LogP contribution >= 0.6 is 0 Å². The standard InChI is InChI=1S/C12H11FO4/c1-2-17-12(16)11(15)7-10(14)8-5-3-4-6-9(8)13/h3-7,14H,2H2,1H3/b10-7+. The number of ketones is 1. The van der Waals surface area contributed by atoms with E-state index in [0.717, 1.165) is 6.07 Å². The van der Waals surface area contributed by atoms with Crippen LogP contribution in [-0.4, -0.2) is 23.5 Å². The quantitative estimate of drug-likeness (QED) is 0.376. The summed E-state index contributed by atoms with van der Waals surface area (Å²) in [6.45, 7) is 1.60. The highest BCUT2D eigenvalue weighted by Gasteiger charge is 2.15. The van der Waals surface area contributed by atoms with Gasteiger partial charge in [0.15, 0.2) is 0 Å². The van der Waals surface area contributed by atoms with Crippen molar-refractivity contribution < 1.29 is 23.8 Å². The molecule has 17 heavy (non-hydrogen) atoms. The van der Waals surface area contributed by atoms with Crippen LogP contribution in [0.15, 0.2) is 30.3 Å². The van der Waals surface area contributed by atoms with Crippen LogP contribution in [0, 0.1) is 5.82 Å². The molecule has 90 valence electrons. The summed E-state index contributed by atoms with van der Waals surface area (Å²) in [6.07, 6.45) is 0.635. The first-order chi connectivity index (χ1) is 8.06. The van der Waals surface area contributed by atoms with E-state index in [1.807, 2.05) is 0 Å². The third-order valence-electron chi connectivity index (χ3n) is 1.89. The van der Waals surface area contributed by atoms with Crippen LogP contribution in [0.3, 0.4) is 0 Å². The van der Waals surface area contributed by atoms with Crippen LogP contribution in [0.4, 0.5) is 4.39 Å². The van der Waals surface area contributed by atoms with Crippen molar-refractivity contribution in [3.05, 3.63) is 41.7 Å². The molecule has 0 bridgehead atoms. The Morgan fingerprint density at radius 1 is 1.41 bits per heavy atom. The van der Waals surface area contributed by atoms with Gasteiger partial charge in [0.25, 0.3) is 5.78 Å². The van der Waals surface area contributed by atoms with Crippen molar-refractivity contribution >= 4 is 17.5 Å². The second-order valence-corrected chi connectivity index (χ2v) is 3.09. The summed E-state index contributed by atoms with van der Waals surface area (Å²) in [7, 11) is 0. The maximum absolute atomic E-state index is 13.2. The number of aliphatic hydroxyl groups is 1. The topological polar surface area (TPSA) is 63.6 Å². The highest BCUT2D eigenvalue weighted by Crippen LogP contribution is 2.15. The second-order valence-electron chi connectivity index (χ2n) is 3.09. The third kappa shape index (κ3) is 3.41. The molecule has 0 saturated carbocycles. The van der Waals surface area contributed by atoms with Crippen LogP contribution in [0.5, 0.6) is 0 Å². The minimum atomic E-state index is -1.09. The average Bonchev–Trinajstić information content (AvgIpc) is 2.29. The maximum Gasteiger partial charge on any atom is 0.379 e. The zero-order chi connectivity index (χ0) is 12.8. The lowest BCUT2D eigenvalue weighted by Crippen LogP contribution is -2.15. The number of halogens is 1. The van der Waals surface area contributed by atoms with E-state index < -0.39 is 23.3 Å². The van der Waals surface area contributed by atoms with Crippen molar-refractivity contribution in [2.24, 2.45) is 0 Å². The van der Waals surface area contributed by atoms with Gasteiger partial charge in [-0.15, -0.1) is 0 Å². The predicted molar refractivity (Wildman–Crippen MR) is 58.6 cm³/mol. The van der Waals surface area contributed by atoms with Gasteiger partial charge in [0.1, 0.15) is 11.6 Å². The highest BCUT2D eigenvalue weighted by atomic mass is 19.1.